The Morgan fingerprint density at radius 2 is 1.84 bits per heavy atom. The first-order chi connectivity index (χ1) is 9.01. The molecule has 1 rings (SSSR count). The molecule has 1 saturated carbocycles. The van der Waals surface area contributed by atoms with Crippen LogP contribution in [-0.2, 0) is 9.59 Å². The van der Waals surface area contributed by atoms with E-state index in [0.29, 0.717) is 13.1 Å². The van der Waals surface area contributed by atoms with E-state index in [-0.39, 0.29) is 23.8 Å². The van der Waals surface area contributed by atoms with E-state index in [0.717, 1.165) is 25.7 Å². The minimum Gasteiger partial charge on any atom is -0.344 e. The number of rotatable bonds is 5. The molecule has 3 unspecified atom stereocenters. The van der Waals surface area contributed by atoms with Gasteiger partial charge in [-0.2, -0.15) is 0 Å². The zero-order chi connectivity index (χ0) is 14.4. The number of hydrogen-bond donors (Lipinski definition) is 2. The maximum atomic E-state index is 12.2. The second-order valence-corrected chi connectivity index (χ2v) is 5.30. The molecule has 3 N–H and O–H groups in total. The second kappa shape index (κ2) is 7.48. The van der Waals surface area contributed by atoms with Crippen molar-refractivity contribution in [2.75, 3.05) is 13.1 Å². The van der Waals surface area contributed by atoms with Gasteiger partial charge in [0.15, 0.2) is 0 Å². The van der Waals surface area contributed by atoms with E-state index in [1.165, 1.54) is 0 Å². The van der Waals surface area contributed by atoms with Crippen LogP contribution >= 0.6 is 0 Å². The molecule has 110 valence electrons. The van der Waals surface area contributed by atoms with Crippen molar-refractivity contribution in [3.8, 4) is 0 Å². The standard InChI is InChI=1S/C14H27N3O2/c1-4-17(5-2)14(19)10(3)16-13(18)11-8-6-7-9-12(11)15/h10-12H,4-9,15H2,1-3H3,(H,16,18). The smallest absolute Gasteiger partial charge is 0.244 e. The molecule has 2 amide bonds. The van der Waals surface area contributed by atoms with Crippen LogP contribution in [0.5, 0.6) is 0 Å². The summed E-state index contributed by atoms with van der Waals surface area (Å²) in [6, 6.07) is -0.536. The van der Waals surface area contributed by atoms with Crippen LogP contribution in [0.25, 0.3) is 0 Å². The average molecular weight is 269 g/mol. The van der Waals surface area contributed by atoms with Gasteiger partial charge in [0.1, 0.15) is 6.04 Å². The number of nitrogens with two attached hydrogens (primary N) is 1. The first-order valence-corrected chi connectivity index (χ1v) is 7.36. The molecule has 0 heterocycles. The number of carbonyl (C=O) groups is 2. The predicted octanol–water partition coefficient (Wildman–Crippen LogP) is 0.877. The summed E-state index contributed by atoms with van der Waals surface area (Å²) in [5, 5.41) is 2.82. The molecule has 1 aliphatic carbocycles. The summed E-state index contributed by atoms with van der Waals surface area (Å²) in [6.07, 6.45) is 3.87. The molecular formula is C14H27N3O2. The van der Waals surface area contributed by atoms with E-state index < -0.39 is 6.04 Å². The van der Waals surface area contributed by atoms with Crippen LogP contribution < -0.4 is 11.1 Å². The number of hydrogen-bond acceptors (Lipinski definition) is 3. The SMILES string of the molecule is CCN(CC)C(=O)C(C)NC(=O)C1CCCCC1N. The lowest BCUT2D eigenvalue weighted by atomic mass is 9.84. The van der Waals surface area contributed by atoms with Gasteiger partial charge in [-0.3, -0.25) is 9.59 Å². The number of amides is 2. The molecule has 0 saturated heterocycles. The van der Waals surface area contributed by atoms with Gasteiger partial charge in [-0.05, 0) is 33.6 Å². The monoisotopic (exact) mass is 269 g/mol. The highest BCUT2D eigenvalue weighted by molar-refractivity contribution is 5.88. The highest BCUT2D eigenvalue weighted by atomic mass is 16.2. The Morgan fingerprint density at radius 1 is 1.26 bits per heavy atom. The molecule has 0 spiro atoms. The van der Waals surface area contributed by atoms with Crippen molar-refractivity contribution in [1.29, 1.82) is 0 Å². The van der Waals surface area contributed by atoms with Gasteiger partial charge in [0.2, 0.25) is 11.8 Å². The van der Waals surface area contributed by atoms with Gasteiger partial charge >= 0.3 is 0 Å². The lowest BCUT2D eigenvalue weighted by molar-refractivity contribution is -0.137. The van der Waals surface area contributed by atoms with Crippen LogP contribution in [-0.4, -0.2) is 41.9 Å². The van der Waals surface area contributed by atoms with Crippen LogP contribution in [0.3, 0.4) is 0 Å². The molecular weight excluding hydrogens is 242 g/mol. The average Bonchev–Trinajstić information content (AvgIpc) is 2.40. The molecule has 1 fully saturated rings. The second-order valence-electron chi connectivity index (χ2n) is 5.30. The van der Waals surface area contributed by atoms with E-state index in [1.807, 2.05) is 13.8 Å². The maximum Gasteiger partial charge on any atom is 0.244 e. The predicted molar refractivity (Wildman–Crippen MR) is 75.5 cm³/mol. The summed E-state index contributed by atoms with van der Waals surface area (Å²) >= 11 is 0. The molecule has 3 atom stereocenters. The Balaban J connectivity index is 2.53. The van der Waals surface area contributed by atoms with Gasteiger partial charge in [0.05, 0.1) is 5.92 Å². The summed E-state index contributed by atoms with van der Waals surface area (Å²) in [5.74, 6) is -0.233. The first kappa shape index (κ1) is 16.0. The van der Waals surface area contributed by atoms with Gasteiger partial charge < -0.3 is 16.0 Å². The zero-order valence-electron chi connectivity index (χ0n) is 12.3. The third-order valence-corrected chi connectivity index (χ3v) is 3.96. The largest absolute Gasteiger partial charge is 0.344 e. The Bertz CT molecular complexity index is 316. The molecule has 0 radical (unpaired) electrons. The normalized spacial score (nSPS) is 24.6. The van der Waals surface area contributed by atoms with Gasteiger partial charge in [0.25, 0.3) is 0 Å². The Morgan fingerprint density at radius 3 is 2.37 bits per heavy atom. The maximum absolute atomic E-state index is 12.2. The fraction of sp³-hybridized carbons (Fsp3) is 0.857. The van der Waals surface area contributed by atoms with E-state index in [9.17, 15) is 9.59 Å². The van der Waals surface area contributed by atoms with Crippen molar-refractivity contribution in [2.45, 2.75) is 58.5 Å². The summed E-state index contributed by atoms with van der Waals surface area (Å²) in [7, 11) is 0. The van der Waals surface area contributed by atoms with Crippen molar-refractivity contribution in [3.63, 3.8) is 0 Å². The van der Waals surface area contributed by atoms with Crippen LogP contribution in [0.1, 0.15) is 46.5 Å². The summed E-state index contributed by atoms with van der Waals surface area (Å²) in [6.45, 7) is 6.95. The third kappa shape index (κ3) is 4.20. The summed E-state index contributed by atoms with van der Waals surface area (Å²) in [4.78, 5) is 26.0. The topological polar surface area (TPSA) is 75.4 Å². The summed E-state index contributed by atoms with van der Waals surface area (Å²) in [5.41, 5.74) is 5.99. The Hall–Kier alpha value is -1.10. The summed E-state index contributed by atoms with van der Waals surface area (Å²) < 4.78 is 0. The van der Waals surface area contributed by atoms with E-state index in [2.05, 4.69) is 5.32 Å². The van der Waals surface area contributed by atoms with Gasteiger partial charge in [-0.1, -0.05) is 12.8 Å². The molecule has 0 bridgehead atoms. The molecule has 0 aromatic carbocycles. The van der Waals surface area contributed by atoms with Crippen molar-refractivity contribution in [1.82, 2.24) is 10.2 Å². The molecule has 0 aliphatic heterocycles. The zero-order valence-corrected chi connectivity index (χ0v) is 12.3. The van der Waals surface area contributed by atoms with Crippen molar-refractivity contribution >= 4 is 11.8 Å². The van der Waals surface area contributed by atoms with E-state index in [4.69, 9.17) is 5.73 Å². The quantitative estimate of drug-likeness (QED) is 0.778. The molecule has 19 heavy (non-hydrogen) atoms. The molecule has 0 aromatic rings. The fourth-order valence-corrected chi connectivity index (χ4v) is 2.68. The number of nitrogens with zero attached hydrogens (tertiary/aromatic N) is 1. The van der Waals surface area contributed by atoms with Gasteiger partial charge in [-0.25, -0.2) is 0 Å². The molecule has 5 heteroatoms. The highest BCUT2D eigenvalue weighted by Gasteiger charge is 2.30. The van der Waals surface area contributed by atoms with Crippen molar-refractivity contribution in [3.05, 3.63) is 0 Å². The van der Waals surface area contributed by atoms with Crippen LogP contribution in [0.15, 0.2) is 0 Å². The molecule has 0 aromatic heterocycles. The van der Waals surface area contributed by atoms with Gasteiger partial charge in [0, 0.05) is 19.1 Å². The Labute approximate surface area is 115 Å². The van der Waals surface area contributed by atoms with Gasteiger partial charge in [-0.15, -0.1) is 0 Å². The number of likely N-dealkylation sites (N-methyl/N-ethyl adjacent to an activating group) is 1. The molecule has 5 nitrogen and oxygen atoms in total. The van der Waals surface area contributed by atoms with E-state index in [1.54, 1.807) is 11.8 Å². The fourth-order valence-electron chi connectivity index (χ4n) is 2.68. The lowest BCUT2D eigenvalue weighted by Crippen LogP contribution is -2.51. The lowest BCUT2D eigenvalue weighted by Gasteiger charge is -2.29. The number of nitrogens with one attached hydrogen (secondary N) is 1. The highest BCUT2D eigenvalue weighted by Crippen LogP contribution is 2.23. The third-order valence-electron chi connectivity index (χ3n) is 3.96. The van der Waals surface area contributed by atoms with Crippen LogP contribution in [0.4, 0.5) is 0 Å². The minimum absolute atomic E-state index is 0.0252. The van der Waals surface area contributed by atoms with Crippen LogP contribution in [0.2, 0.25) is 0 Å². The Kier molecular flexibility index (Phi) is 6.28. The number of carbonyl (C=O) groups excluding carboxylic acids is 2. The van der Waals surface area contributed by atoms with E-state index >= 15 is 0 Å². The van der Waals surface area contributed by atoms with Crippen molar-refractivity contribution in [2.24, 2.45) is 11.7 Å². The van der Waals surface area contributed by atoms with Crippen molar-refractivity contribution < 1.29 is 9.59 Å². The molecule has 1 aliphatic rings. The first-order valence-electron chi connectivity index (χ1n) is 7.36. The minimum atomic E-state index is -0.471. The van der Waals surface area contributed by atoms with Crippen LogP contribution in [0, 0.1) is 5.92 Å².